The molecule has 0 saturated carbocycles. The molecule has 0 aliphatic carbocycles. The van der Waals surface area contributed by atoms with Gasteiger partial charge in [0.15, 0.2) is 0 Å². The molecule has 6 heteroatoms. The zero-order chi connectivity index (χ0) is 16.3. The Labute approximate surface area is 130 Å². The van der Waals surface area contributed by atoms with Crippen LogP contribution in [0, 0.1) is 0 Å². The summed E-state index contributed by atoms with van der Waals surface area (Å²) in [6, 6.07) is 4.88. The molecule has 0 radical (unpaired) electrons. The highest BCUT2D eigenvalue weighted by atomic mass is 16.5. The van der Waals surface area contributed by atoms with Crippen molar-refractivity contribution in [3.63, 3.8) is 0 Å². The number of nitrogens with zero attached hydrogens (tertiary/aromatic N) is 2. The highest BCUT2D eigenvalue weighted by molar-refractivity contribution is 6.01. The first-order chi connectivity index (χ1) is 10.5. The molecular weight excluding hydrogens is 284 g/mol. The predicted octanol–water partition coefficient (Wildman–Crippen LogP) is 1.68. The van der Waals surface area contributed by atoms with Crippen LogP contribution in [0.4, 0.5) is 5.69 Å². The highest BCUT2D eigenvalue weighted by Gasteiger charge is 2.35. The fourth-order valence-electron chi connectivity index (χ4n) is 2.66. The summed E-state index contributed by atoms with van der Waals surface area (Å²) in [4.78, 5) is 27.8. The Bertz CT molecular complexity index is 573. The molecule has 120 valence electrons. The van der Waals surface area contributed by atoms with Crippen LogP contribution < -0.4 is 14.4 Å². The number of ether oxygens (including phenoxy) is 2. The standard InChI is InChI=1S/C16H22N2O4/c1-5-15(19)17-8-9-18(16(20)11(17)2)13-7-6-12(21-3)10-14(13)22-4/h6-7,10-11H,5,8-9H2,1-4H3. The third kappa shape index (κ3) is 2.86. The maximum atomic E-state index is 12.6. The van der Waals surface area contributed by atoms with Crippen LogP contribution in [0.3, 0.4) is 0 Å². The lowest BCUT2D eigenvalue weighted by Crippen LogP contribution is -2.57. The zero-order valence-corrected chi connectivity index (χ0v) is 13.5. The van der Waals surface area contributed by atoms with Crippen molar-refractivity contribution in [3.8, 4) is 11.5 Å². The van der Waals surface area contributed by atoms with Crippen LogP contribution in [0.25, 0.3) is 0 Å². The first kappa shape index (κ1) is 16.1. The SMILES string of the molecule is CCC(=O)N1CCN(c2ccc(OC)cc2OC)C(=O)C1C. The van der Waals surface area contributed by atoms with Gasteiger partial charge in [-0.1, -0.05) is 6.92 Å². The number of benzene rings is 1. The molecule has 1 aliphatic rings. The quantitative estimate of drug-likeness (QED) is 0.849. The first-order valence-electron chi connectivity index (χ1n) is 7.36. The lowest BCUT2D eigenvalue weighted by Gasteiger charge is -2.39. The summed E-state index contributed by atoms with van der Waals surface area (Å²) >= 11 is 0. The Balaban J connectivity index is 2.28. The second-order valence-electron chi connectivity index (χ2n) is 5.14. The number of piperazine rings is 1. The molecule has 1 aromatic carbocycles. The number of anilines is 1. The topological polar surface area (TPSA) is 59.1 Å². The van der Waals surface area contributed by atoms with Crippen LogP contribution in [0.5, 0.6) is 11.5 Å². The molecule has 1 fully saturated rings. The lowest BCUT2D eigenvalue weighted by atomic mass is 10.1. The summed E-state index contributed by atoms with van der Waals surface area (Å²) in [6.45, 7) is 4.54. The number of hydrogen-bond acceptors (Lipinski definition) is 4. The normalized spacial score (nSPS) is 18.4. The molecule has 2 rings (SSSR count). The molecule has 1 saturated heterocycles. The molecule has 6 nitrogen and oxygen atoms in total. The van der Waals surface area contributed by atoms with Gasteiger partial charge in [0, 0.05) is 25.6 Å². The van der Waals surface area contributed by atoms with Crippen molar-refractivity contribution in [1.29, 1.82) is 0 Å². The smallest absolute Gasteiger partial charge is 0.249 e. The van der Waals surface area contributed by atoms with E-state index in [1.807, 2.05) is 0 Å². The summed E-state index contributed by atoms with van der Waals surface area (Å²) in [5, 5.41) is 0. The van der Waals surface area contributed by atoms with Crippen molar-refractivity contribution >= 4 is 17.5 Å². The number of rotatable bonds is 4. The third-order valence-corrected chi connectivity index (χ3v) is 3.96. The summed E-state index contributed by atoms with van der Waals surface area (Å²) in [5.74, 6) is 1.15. The largest absolute Gasteiger partial charge is 0.497 e. The van der Waals surface area contributed by atoms with Crippen LogP contribution in [-0.2, 0) is 9.59 Å². The molecule has 0 N–H and O–H groups in total. The van der Waals surface area contributed by atoms with E-state index in [-0.39, 0.29) is 11.8 Å². The van der Waals surface area contributed by atoms with Crippen molar-refractivity contribution in [2.45, 2.75) is 26.3 Å². The molecule has 1 atom stereocenters. The van der Waals surface area contributed by atoms with E-state index in [9.17, 15) is 9.59 Å². The van der Waals surface area contributed by atoms with Gasteiger partial charge in [-0.3, -0.25) is 9.59 Å². The van der Waals surface area contributed by atoms with Gasteiger partial charge in [0.1, 0.15) is 17.5 Å². The summed E-state index contributed by atoms with van der Waals surface area (Å²) in [5.41, 5.74) is 0.698. The fraction of sp³-hybridized carbons (Fsp3) is 0.500. The van der Waals surface area contributed by atoms with E-state index in [0.29, 0.717) is 36.7 Å². The van der Waals surface area contributed by atoms with E-state index in [2.05, 4.69) is 0 Å². The molecular formula is C16H22N2O4. The van der Waals surface area contributed by atoms with Crippen LogP contribution in [-0.4, -0.2) is 50.1 Å². The van der Waals surface area contributed by atoms with E-state index in [1.165, 1.54) is 0 Å². The molecule has 22 heavy (non-hydrogen) atoms. The third-order valence-electron chi connectivity index (χ3n) is 3.96. The van der Waals surface area contributed by atoms with Gasteiger partial charge in [0.2, 0.25) is 11.8 Å². The van der Waals surface area contributed by atoms with Crippen LogP contribution in [0.15, 0.2) is 18.2 Å². The van der Waals surface area contributed by atoms with Gasteiger partial charge in [0.25, 0.3) is 0 Å². The van der Waals surface area contributed by atoms with Gasteiger partial charge in [-0.05, 0) is 19.1 Å². The summed E-state index contributed by atoms with van der Waals surface area (Å²) in [7, 11) is 3.14. The minimum Gasteiger partial charge on any atom is -0.497 e. The molecule has 1 aliphatic heterocycles. The van der Waals surface area contributed by atoms with E-state index in [1.54, 1.807) is 56.1 Å². The Morgan fingerprint density at radius 3 is 2.59 bits per heavy atom. The number of carbonyl (C=O) groups excluding carboxylic acids is 2. The van der Waals surface area contributed by atoms with Crippen LogP contribution in [0.1, 0.15) is 20.3 Å². The molecule has 1 unspecified atom stereocenters. The van der Waals surface area contributed by atoms with Crippen molar-refractivity contribution in [2.24, 2.45) is 0 Å². The predicted molar refractivity (Wildman–Crippen MR) is 83.4 cm³/mol. The van der Waals surface area contributed by atoms with Gasteiger partial charge in [-0.15, -0.1) is 0 Å². The van der Waals surface area contributed by atoms with E-state index in [0.717, 1.165) is 0 Å². The maximum absolute atomic E-state index is 12.6. The average Bonchev–Trinajstić information content (AvgIpc) is 2.56. The monoisotopic (exact) mass is 306 g/mol. The van der Waals surface area contributed by atoms with Crippen molar-refractivity contribution in [3.05, 3.63) is 18.2 Å². The second kappa shape index (κ2) is 6.68. The number of hydrogen-bond donors (Lipinski definition) is 0. The van der Waals surface area contributed by atoms with Gasteiger partial charge in [-0.25, -0.2) is 0 Å². The number of carbonyl (C=O) groups is 2. The summed E-state index contributed by atoms with van der Waals surface area (Å²) < 4.78 is 10.5. The molecule has 2 amide bonds. The highest BCUT2D eigenvalue weighted by Crippen LogP contribution is 2.33. The Morgan fingerprint density at radius 1 is 1.27 bits per heavy atom. The first-order valence-corrected chi connectivity index (χ1v) is 7.36. The van der Waals surface area contributed by atoms with E-state index in [4.69, 9.17) is 9.47 Å². The van der Waals surface area contributed by atoms with Gasteiger partial charge >= 0.3 is 0 Å². The average molecular weight is 306 g/mol. The lowest BCUT2D eigenvalue weighted by molar-refractivity contribution is -0.140. The van der Waals surface area contributed by atoms with Gasteiger partial charge < -0.3 is 19.3 Å². The number of methoxy groups -OCH3 is 2. The Hall–Kier alpha value is -2.24. The second-order valence-corrected chi connectivity index (χ2v) is 5.14. The molecule has 0 spiro atoms. The molecule has 0 bridgehead atoms. The van der Waals surface area contributed by atoms with Gasteiger partial charge in [-0.2, -0.15) is 0 Å². The Morgan fingerprint density at radius 2 is 2.00 bits per heavy atom. The van der Waals surface area contributed by atoms with Crippen molar-refractivity contribution in [2.75, 3.05) is 32.2 Å². The van der Waals surface area contributed by atoms with Gasteiger partial charge in [0.05, 0.1) is 19.9 Å². The minimum absolute atomic E-state index is 0.00203. The van der Waals surface area contributed by atoms with Crippen LogP contribution in [0.2, 0.25) is 0 Å². The van der Waals surface area contributed by atoms with Crippen molar-refractivity contribution in [1.82, 2.24) is 4.90 Å². The maximum Gasteiger partial charge on any atom is 0.249 e. The number of amides is 2. The summed E-state index contributed by atoms with van der Waals surface area (Å²) in [6.07, 6.45) is 0.406. The zero-order valence-electron chi connectivity index (χ0n) is 13.5. The molecule has 0 aromatic heterocycles. The molecule has 1 aromatic rings. The van der Waals surface area contributed by atoms with E-state index >= 15 is 0 Å². The van der Waals surface area contributed by atoms with Crippen LogP contribution >= 0.6 is 0 Å². The minimum atomic E-state index is -0.465. The fourth-order valence-corrected chi connectivity index (χ4v) is 2.66. The van der Waals surface area contributed by atoms with E-state index < -0.39 is 6.04 Å². The Kier molecular flexibility index (Phi) is 4.90. The van der Waals surface area contributed by atoms with Crippen molar-refractivity contribution < 1.29 is 19.1 Å². The molecule has 1 heterocycles.